The monoisotopic (exact) mass is 258 g/mol. The van der Waals surface area contributed by atoms with E-state index < -0.39 is 11.6 Å². The lowest BCUT2D eigenvalue weighted by Gasteiger charge is -2.18. The molecule has 1 saturated heterocycles. The third-order valence-corrected chi connectivity index (χ3v) is 3.85. The molecule has 5 nitrogen and oxygen atoms in total. The zero-order valence-electron chi connectivity index (χ0n) is 10.6. The van der Waals surface area contributed by atoms with Crippen LogP contribution in [0.2, 0.25) is 0 Å². The summed E-state index contributed by atoms with van der Waals surface area (Å²) in [5.74, 6) is -0.194. The molecule has 0 saturated carbocycles. The molecule has 5 heteroatoms. The number of urea groups is 1. The molecule has 1 aromatic rings. The van der Waals surface area contributed by atoms with E-state index in [4.69, 9.17) is 0 Å². The lowest BCUT2D eigenvalue weighted by atomic mass is 9.96. The number of rotatable bonds is 2. The second-order valence-corrected chi connectivity index (χ2v) is 5.10. The van der Waals surface area contributed by atoms with Crippen molar-refractivity contribution in [3.63, 3.8) is 0 Å². The van der Waals surface area contributed by atoms with E-state index in [-0.39, 0.29) is 11.7 Å². The Morgan fingerprint density at radius 2 is 2.00 bits per heavy atom. The van der Waals surface area contributed by atoms with Gasteiger partial charge >= 0.3 is 6.03 Å². The molecule has 98 valence electrons. The van der Waals surface area contributed by atoms with Crippen molar-refractivity contribution in [3.8, 4) is 0 Å². The summed E-state index contributed by atoms with van der Waals surface area (Å²) in [4.78, 5) is 34.9. The Kier molecular flexibility index (Phi) is 2.45. The van der Waals surface area contributed by atoms with Crippen molar-refractivity contribution in [2.45, 2.75) is 31.7 Å². The number of imide groups is 1. The number of ketones is 1. The number of hydrogen-bond acceptors (Lipinski definition) is 3. The Morgan fingerprint density at radius 1 is 1.26 bits per heavy atom. The molecule has 1 aromatic carbocycles. The largest absolute Gasteiger partial charge is 0.323 e. The van der Waals surface area contributed by atoms with Crippen molar-refractivity contribution in [2.24, 2.45) is 0 Å². The van der Waals surface area contributed by atoms with Gasteiger partial charge in [-0.2, -0.15) is 0 Å². The van der Waals surface area contributed by atoms with Crippen LogP contribution in [0.25, 0.3) is 0 Å². The molecular weight excluding hydrogens is 244 g/mol. The quantitative estimate of drug-likeness (QED) is 0.612. The van der Waals surface area contributed by atoms with Gasteiger partial charge in [0.1, 0.15) is 5.54 Å². The van der Waals surface area contributed by atoms with E-state index >= 15 is 0 Å². The van der Waals surface area contributed by atoms with Crippen LogP contribution in [0.3, 0.4) is 0 Å². The molecule has 3 rings (SSSR count). The van der Waals surface area contributed by atoms with E-state index in [1.807, 2.05) is 19.1 Å². The summed E-state index contributed by atoms with van der Waals surface area (Å²) in [5, 5.41) is 4.98. The molecule has 0 bridgehead atoms. The maximum absolute atomic E-state index is 11.9. The summed E-state index contributed by atoms with van der Waals surface area (Å²) in [5.41, 5.74) is 1.80. The molecule has 19 heavy (non-hydrogen) atoms. The van der Waals surface area contributed by atoms with Crippen molar-refractivity contribution < 1.29 is 14.4 Å². The molecule has 1 heterocycles. The van der Waals surface area contributed by atoms with Crippen LogP contribution in [0, 0.1) is 0 Å². The van der Waals surface area contributed by atoms with E-state index in [2.05, 4.69) is 10.6 Å². The highest BCUT2D eigenvalue weighted by molar-refractivity contribution is 6.08. The van der Waals surface area contributed by atoms with Gasteiger partial charge in [-0.25, -0.2) is 4.79 Å². The summed E-state index contributed by atoms with van der Waals surface area (Å²) >= 11 is 0. The smallest absolute Gasteiger partial charge is 0.322 e. The Morgan fingerprint density at radius 3 is 2.63 bits per heavy atom. The molecular formula is C14H14N2O3. The molecule has 1 atom stereocenters. The minimum atomic E-state index is -0.854. The van der Waals surface area contributed by atoms with Crippen LogP contribution in [0.5, 0.6) is 0 Å². The Labute approximate surface area is 110 Å². The number of Topliss-reactive ketones (excluding diaryl/α,β-unsaturated/α-hetero) is 1. The van der Waals surface area contributed by atoms with Crippen LogP contribution in [0.15, 0.2) is 18.2 Å². The molecule has 1 aliphatic heterocycles. The van der Waals surface area contributed by atoms with E-state index in [1.54, 1.807) is 6.07 Å². The average molecular weight is 258 g/mol. The van der Waals surface area contributed by atoms with Gasteiger partial charge in [0.25, 0.3) is 5.91 Å². The minimum absolute atomic E-state index is 0.0867. The number of nitrogens with one attached hydrogen (secondary N) is 2. The Balaban J connectivity index is 1.95. The highest BCUT2D eigenvalue weighted by atomic mass is 16.2. The minimum Gasteiger partial charge on any atom is -0.323 e. The third-order valence-electron chi connectivity index (χ3n) is 3.85. The SMILES string of the molecule is CCC(=O)c1ccc2c(c1)CC1(C2)NC(=O)NC1=O. The van der Waals surface area contributed by atoms with Gasteiger partial charge in [-0.05, 0) is 17.2 Å². The van der Waals surface area contributed by atoms with Gasteiger partial charge in [0.05, 0.1) is 0 Å². The summed E-state index contributed by atoms with van der Waals surface area (Å²) in [6, 6.07) is 5.07. The third kappa shape index (κ3) is 1.73. The van der Waals surface area contributed by atoms with Gasteiger partial charge in [-0.1, -0.05) is 19.1 Å². The zero-order chi connectivity index (χ0) is 13.6. The van der Waals surface area contributed by atoms with Gasteiger partial charge < -0.3 is 5.32 Å². The van der Waals surface area contributed by atoms with E-state index in [0.29, 0.717) is 24.8 Å². The first-order chi connectivity index (χ1) is 9.04. The maximum atomic E-state index is 11.9. The van der Waals surface area contributed by atoms with E-state index in [1.165, 1.54) is 0 Å². The van der Waals surface area contributed by atoms with Gasteiger partial charge in [0.2, 0.25) is 0 Å². The summed E-state index contributed by atoms with van der Waals surface area (Å²) < 4.78 is 0. The molecule has 0 aromatic heterocycles. The van der Waals surface area contributed by atoms with Gasteiger partial charge in [0.15, 0.2) is 5.78 Å². The fourth-order valence-electron chi connectivity index (χ4n) is 2.83. The fourth-order valence-corrected chi connectivity index (χ4v) is 2.83. The van der Waals surface area contributed by atoms with Gasteiger partial charge in [-0.3, -0.25) is 14.9 Å². The van der Waals surface area contributed by atoms with Crippen molar-refractivity contribution in [1.82, 2.24) is 10.6 Å². The first-order valence-electron chi connectivity index (χ1n) is 6.33. The summed E-state index contributed by atoms with van der Waals surface area (Å²) in [7, 11) is 0. The molecule has 2 aliphatic rings. The van der Waals surface area contributed by atoms with Crippen LogP contribution in [-0.4, -0.2) is 23.3 Å². The Hall–Kier alpha value is -2.17. The summed E-state index contributed by atoms with van der Waals surface area (Å²) in [6.45, 7) is 1.82. The van der Waals surface area contributed by atoms with Crippen molar-refractivity contribution >= 4 is 17.7 Å². The first-order valence-corrected chi connectivity index (χ1v) is 6.33. The van der Waals surface area contributed by atoms with Crippen LogP contribution >= 0.6 is 0 Å². The average Bonchev–Trinajstić information content (AvgIpc) is 2.87. The molecule has 1 fully saturated rings. The fraction of sp³-hybridized carbons (Fsp3) is 0.357. The van der Waals surface area contributed by atoms with Crippen molar-refractivity contribution in [2.75, 3.05) is 0 Å². The van der Waals surface area contributed by atoms with Crippen LogP contribution < -0.4 is 10.6 Å². The lowest BCUT2D eigenvalue weighted by molar-refractivity contribution is -0.123. The topological polar surface area (TPSA) is 75.3 Å². The molecule has 1 aliphatic carbocycles. The Bertz CT molecular complexity index is 609. The predicted octanol–water partition coefficient (Wildman–Crippen LogP) is 0.956. The van der Waals surface area contributed by atoms with Crippen molar-refractivity contribution in [1.29, 1.82) is 0 Å². The first kappa shape index (κ1) is 11.9. The highest BCUT2D eigenvalue weighted by Gasteiger charge is 2.49. The second-order valence-electron chi connectivity index (χ2n) is 5.10. The number of benzene rings is 1. The molecule has 1 spiro atoms. The number of hydrogen-bond donors (Lipinski definition) is 2. The number of amides is 3. The zero-order valence-corrected chi connectivity index (χ0v) is 10.6. The standard InChI is InChI=1S/C14H14N2O3/c1-2-11(17)8-3-4-9-6-14(7-10(9)5-8)12(18)15-13(19)16-14/h3-5H,2,6-7H2,1H3,(H2,15,16,18,19). The molecule has 3 amide bonds. The predicted molar refractivity (Wildman–Crippen MR) is 67.9 cm³/mol. The van der Waals surface area contributed by atoms with Gasteiger partial charge in [0, 0.05) is 24.8 Å². The number of carbonyl (C=O) groups excluding carboxylic acids is 3. The van der Waals surface area contributed by atoms with Crippen LogP contribution in [0.4, 0.5) is 4.79 Å². The second kappa shape index (κ2) is 3.91. The lowest BCUT2D eigenvalue weighted by Crippen LogP contribution is -2.47. The summed E-state index contributed by atoms with van der Waals surface area (Å²) in [6.07, 6.45) is 1.40. The van der Waals surface area contributed by atoms with E-state index in [0.717, 1.165) is 11.1 Å². The van der Waals surface area contributed by atoms with Crippen LogP contribution in [-0.2, 0) is 17.6 Å². The molecule has 2 N–H and O–H groups in total. The van der Waals surface area contributed by atoms with Crippen molar-refractivity contribution in [3.05, 3.63) is 34.9 Å². The highest BCUT2D eigenvalue weighted by Crippen LogP contribution is 2.33. The van der Waals surface area contributed by atoms with E-state index in [9.17, 15) is 14.4 Å². The van der Waals surface area contributed by atoms with Gasteiger partial charge in [-0.15, -0.1) is 0 Å². The van der Waals surface area contributed by atoms with Crippen LogP contribution in [0.1, 0.15) is 34.8 Å². The number of carbonyl (C=O) groups is 3. The molecule has 1 unspecified atom stereocenters. The number of fused-ring (bicyclic) bond motifs is 1. The normalized spacial score (nSPS) is 24.3. The maximum Gasteiger partial charge on any atom is 0.322 e. The molecule has 0 radical (unpaired) electrons.